The van der Waals surface area contributed by atoms with Crippen molar-refractivity contribution in [3.63, 3.8) is 0 Å². The molecule has 3 rings (SSSR count). The van der Waals surface area contributed by atoms with Crippen molar-refractivity contribution in [2.45, 2.75) is 31.5 Å². The second kappa shape index (κ2) is 6.67. The molecule has 0 saturated carbocycles. The summed E-state index contributed by atoms with van der Waals surface area (Å²) >= 11 is 0. The standard InChI is InChI=1S/C19H20O3/c20-16-9-4-14(5-10-16)6-13-18-2-1-3-19(22-18)15-7-11-17(21)12-8-15/h1,3-5,7-12,18-21H,2,6,13H2/t18-,19-/m1/s1. The Morgan fingerprint density at radius 2 is 1.55 bits per heavy atom. The maximum Gasteiger partial charge on any atom is 0.115 e. The Balaban J connectivity index is 1.58. The van der Waals surface area contributed by atoms with E-state index in [1.54, 1.807) is 24.3 Å². The highest BCUT2D eigenvalue weighted by Crippen LogP contribution is 2.29. The lowest BCUT2D eigenvalue weighted by atomic mass is 10.0. The molecule has 114 valence electrons. The second-order valence-electron chi connectivity index (χ2n) is 5.64. The molecule has 1 aliphatic heterocycles. The van der Waals surface area contributed by atoms with Gasteiger partial charge in [-0.2, -0.15) is 0 Å². The molecular formula is C19H20O3. The van der Waals surface area contributed by atoms with Gasteiger partial charge >= 0.3 is 0 Å². The predicted octanol–water partition coefficient (Wildman–Crippen LogP) is 4.12. The van der Waals surface area contributed by atoms with Gasteiger partial charge in [0.25, 0.3) is 0 Å². The summed E-state index contributed by atoms with van der Waals surface area (Å²) in [6.45, 7) is 0. The molecule has 0 amide bonds. The quantitative estimate of drug-likeness (QED) is 0.835. The Bertz CT molecular complexity index is 629. The average Bonchev–Trinajstić information content (AvgIpc) is 2.55. The molecule has 0 radical (unpaired) electrons. The van der Waals surface area contributed by atoms with E-state index in [1.807, 2.05) is 24.3 Å². The van der Waals surface area contributed by atoms with Crippen LogP contribution in [0, 0.1) is 0 Å². The van der Waals surface area contributed by atoms with Crippen LogP contribution in [0.4, 0.5) is 0 Å². The molecule has 0 aromatic heterocycles. The van der Waals surface area contributed by atoms with Gasteiger partial charge in [-0.05, 0) is 54.7 Å². The Hall–Kier alpha value is -2.26. The molecule has 2 N–H and O–H groups in total. The smallest absolute Gasteiger partial charge is 0.115 e. The molecule has 22 heavy (non-hydrogen) atoms. The largest absolute Gasteiger partial charge is 0.508 e. The number of aromatic hydroxyl groups is 2. The van der Waals surface area contributed by atoms with Crippen LogP contribution in [-0.2, 0) is 11.2 Å². The molecule has 0 spiro atoms. The van der Waals surface area contributed by atoms with Crippen LogP contribution in [-0.4, -0.2) is 16.3 Å². The van der Waals surface area contributed by atoms with Crippen LogP contribution in [0.25, 0.3) is 0 Å². The van der Waals surface area contributed by atoms with E-state index in [2.05, 4.69) is 12.2 Å². The number of benzene rings is 2. The minimum Gasteiger partial charge on any atom is -0.508 e. The second-order valence-corrected chi connectivity index (χ2v) is 5.64. The van der Waals surface area contributed by atoms with Crippen molar-refractivity contribution < 1.29 is 14.9 Å². The molecule has 0 saturated heterocycles. The fourth-order valence-electron chi connectivity index (χ4n) is 2.69. The first-order valence-electron chi connectivity index (χ1n) is 7.59. The van der Waals surface area contributed by atoms with Gasteiger partial charge in [-0.25, -0.2) is 0 Å². The van der Waals surface area contributed by atoms with Crippen LogP contribution >= 0.6 is 0 Å². The monoisotopic (exact) mass is 296 g/mol. The molecule has 1 heterocycles. The highest BCUT2D eigenvalue weighted by atomic mass is 16.5. The van der Waals surface area contributed by atoms with E-state index in [4.69, 9.17) is 4.74 Å². The number of ether oxygens (including phenoxy) is 1. The molecule has 0 unspecified atom stereocenters. The molecule has 3 heteroatoms. The summed E-state index contributed by atoms with van der Waals surface area (Å²) in [5.41, 5.74) is 2.26. The van der Waals surface area contributed by atoms with Crippen LogP contribution in [0.5, 0.6) is 11.5 Å². The molecule has 1 aliphatic rings. The third kappa shape index (κ3) is 3.68. The first-order valence-corrected chi connectivity index (χ1v) is 7.59. The maximum absolute atomic E-state index is 9.36. The summed E-state index contributed by atoms with van der Waals surface area (Å²) < 4.78 is 6.14. The number of phenols is 2. The van der Waals surface area contributed by atoms with Crippen LogP contribution in [0.2, 0.25) is 0 Å². The van der Waals surface area contributed by atoms with Gasteiger partial charge in [-0.1, -0.05) is 36.4 Å². The number of hydrogen-bond acceptors (Lipinski definition) is 3. The molecule has 0 aliphatic carbocycles. The van der Waals surface area contributed by atoms with Gasteiger partial charge in [-0.3, -0.25) is 0 Å². The minimum absolute atomic E-state index is 0.0424. The predicted molar refractivity (Wildman–Crippen MR) is 85.9 cm³/mol. The topological polar surface area (TPSA) is 49.7 Å². The third-order valence-electron chi connectivity index (χ3n) is 3.96. The van der Waals surface area contributed by atoms with Crippen molar-refractivity contribution in [2.75, 3.05) is 0 Å². The fraction of sp³-hybridized carbons (Fsp3) is 0.263. The van der Waals surface area contributed by atoms with Crippen LogP contribution in [0.3, 0.4) is 0 Å². The summed E-state index contributed by atoms with van der Waals surface area (Å²) in [7, 11) is 0. The normalized spacial score (nSPS) is 20.9. The van der Waals surface area contributed by atoms with Crippen molar-refractivity contribution in [3.05, 3.63) is 71.8 Å². The van der Waals surface area contributed by atoms with E-state index in [9.17, 15) is 10.2 Å². The highest BCUT2D eigenvalue weighted by Gasteiger charge is 2.19. The van der Waals surface area contributed by atoms with E-state index in [1.165, 1.54) is 5.56 Å². The number of phenolic OH excluding ortho intramolecular Hbond substituents is 2. The Morgan fingerprint density at radius 3 is 2.23 bits per heavy atom. The first-order chi connectivity index (χ1) is 10.7. The lowest BCUT2D eigenvalue weighted by molar-refractivity contribution is 0.000724. The molecule has 0 bridgehead atoms. The zero-order valence-corrected chi connectivity index (χ0v) is 12.4. The van der Waals surface area contributed by atoms with Crippen molar-refractivity contribution in [1.82, 2.24) is 0 Å². The van der Waals surface area contributed by atoms with Gasteiger partial charge in [0.15, 0.2) is 0 Å². The summed E-state index contributed by atoms with van der Waals surface area (Å²) in [6.07, 6.45) is 7.19. The number of rotatable bonds is 4. The summed E-state index contributed by atoms with van der Waals surface area (Å²) in [4.78, 5) is 0. The average molecular weight is 296 g/mol. The van der Waals surface area contributed by atoms with Crippen molar-refractivity contribution in [1.29, 1.82) is 0 Å². The molecule has 2 aromatic rings. The fourth-order valence-corrected chi connectivity index (χ4v) is 2.69. The summed E-state index contributed by atoms with van der Waals surface area (Å²) in [5.74, 6) is 0.570. The van der Waals surface area contributed by atoms with E-state index in [0.29, 0.717) is 5.75 Å². The highest BCUT2D eigenvalue weighted by molar-refractivity contribution is 5.30. The lowest BCUT2D eigenvalue weighted by Crippen LogP contribution is -2.19. The van der Waals surface area contributed by atoms with Gasteiger partial charge in [0.2, 0.25) is 0 Å². The maximum atomic E-state index is 9.36. The molecular weight excluding hydrogens is 276 g/mol. The van der Waals surface area contributed by atoms with Gasteiger partial charge in [0.1, 0.15) is 17.6 Å². The summed E-state index contributed by atoms with van der Waals surface area (Å²) in [6, 6.07) is 14.5. The number of hydrogen-bond donors (Lipinski definition) is 2. The van der Waals surface area contributed by atoms with E-state index < -0.39 is 0 Å². The van der Waals surface area contributed by atoms with Gasteiger partial charge in [-0.15, -0.1) is 0 Å². The van der Waals surface area contributed by atoms with Crippen molar-refractivity contribution in [2.24, 2.45) is 0 Å². The van der Waals surface area contributed by atoms with E-state index in [-0.39, 0.29) is 18.0 Å². The molecule has 2 atom stereocenters. The lowest BCUT2D eigenvalue weighted by Gasteiger charge is -2.26. The third-order valence-corrected chi connectivity index (χ3v) is 3.96. The zero-order chi connectivity index (χ0) is 15.4. The van der Waals surface area contributed by atoms with Crippen LogP contribution < -0.4 is 0 Å². The summed E-state index contributed by atoms with van der Waals surface area (Å²) in [5, 5.41) is 18.7. The van der Waals surface area contributed by atoms with Crippen molar-refractivity contribution >= 4 is 0 Å². The van der Waals surface area contributed by atoms with Crippen LogP contribution in [0.15, 0.2) is 60.7 Å². The van der Waals surface area contributed by atoms with Gasteiger partial charge in [0, 0.05) is 0 Å². The zero-order valence-electron chi connectivity index (χ0n) is 12.4. The Kier molecular flexibility index (Phi) is 4.45. The SMILES string of the molecule is Oc1ccc(CC[C@H]2CC=C[C@H](c3ccc(O)cc3)O2)cc1. The molecule has 0 fully saturated rings. The minimum atomic E-state index is -0.0424. The van der Waals surface area contributed by atoms with Crippen LogP contribution in [0.1, 0.15) is 30.1 Å². The van der Waals surface area contributed by atoms with E-state index in [0.717, 1.165) is 24.8 Å². The van der Waals surface area contributed by atoms with Gasteiger partial charge in [0.05, 0.1) is 6.10 Å². The Labute approximate surface area is 130 Å². The first kappa shape index (κ1) is 14.7. The van der Waals surface area contributed by atoms with E-state index >= 15 is 0 Å². The number of aryl methyl sites for hydroxylation is 1. The van der Waals surface area contributed by atoms with Gasteiger partial charge < -0.3 is 14.9 Å². The Morgan fingerprint density at radius 1 is 0.909 bits per heavy atom. The molecule has 3 nitrogen and oxygen atoms in total. The van der Waals surface area contributed by atoms with Crippen molar-refractivity contribution in [3.8, 4) is 11.5 Å². The molecule has 2 aromatic carbocycles.